The molecule has 0 bridgehead atoms. The van der Waals surface area contributed by atoms with E-state index in [2.05, 4.69) is 88.0 Å². The van der Waals surface area contributed by atoms with E-state index < -0.39 is 0 Å². The smallest absolute Gasteiger partial charge is 0.123 e. The van der Waals surface area contributed by atoms with E-state index in [0.717, 1.165) is 23.4 Å². The van der Waals surface area contributed by atoms with E-state index in [4.69, 9.17) is 4.74 Å². The summed E-state index contributed by atoms with van der Waals surface area (Å²) in [5.74, 6) is 0.863. The maximum atomic E-state index is 5.41. The van der Waals surface area contributed by atoms with Crippen LogP contribution in [0.3, 0.4) is 0 Å². The second-order valence-corrected chi connectivity index (χ2v) is 7.77. The number of para-hydroxylation sites is 2. The van der Waals surface area contributed by atoms with E-state index in [-0.39, 0.29) is 0 Å². The largest absolute Gasteiger partial charge is 0.496 e. The highest BCUT2D eigenvalue weighted by Gasteiger charge is 2.09. The fourth-order valence-corrected chi connectivity index (χ4v) is 4.22. The maximum absolute atomic E-state index is 5.41. The average Bonchev–Trinajstić information content (AvgIpc) is 3.20. The number of hydrazone groups is 1. The van der Waals surface area contributed by atoms with Gasteiger partial charge in [-0.2, -0.15) is 5.10 Å². The van der Waals surface area contributed by atoms with Gasteiger partial charge in [-0.3, -0.25) is 0 Å². The van der Waals surface area contributed by atoms with Crippen LogP contribution in [0.2, 0.25) is 0 Å². The normalized spacial score (nSPS) is 11.4. The Bertz CT molecular complexity index is 1400. The molecule has 1 aromatic heterocycles. The second kappa shape index (κ2) is 8.98. The molecule has 5 rings (SSSR count). The molecule has 0 aliphatic carbocycles. The van der Waals surface area contributed by atoms with E-state index in [0.29, 0.717) is 6.54 Å². The van der Waals surface area contributed by atoms with Gasteiger partial charge in [-0.15, -0.1) is 0 Å². The molecule has 1 heterocycles. The predicted octanol–water partition coefficient (Wildman–Crippen LogP) is 5.98. The Morgan fingerprint density at radius 2 is 1.53 bits per heavy atom. The number of nitrogens with zero attached hydrogens (tertiary/aromatic N) is 2. The molecule has 0 aliphatic heterocycles. The molecule has 0 unspecified atom stereocenters. The van der Waals surface area contributed by atoms with Gasteiger partial charge >= 0.3 is 0 Å². The third-order valence-electron chi connectivity index (χ3n) is 5.80. The minimum atomic E-state index is 0.606. The Morgan fingerprint density at radius 3 is 2.44 bits per heavy atom. The van der Waals surface area contributed by atoms with Gasteiger partial charge in [0.15, 0.2) is 0 Å². The molecule has 0 aliphatic rings. The molecule has 0 spiro atoms. The van der Waals surface area contributed by atoms with Crippen LogP contribution in [0.15, 0.2) is 102 Å². The summed E-state index contributed by atoms with van der Waals surface area (Å²) in [6, 6.07) is 31.5. The van der Waals surface area contributed by atoms with Crippen LogP contribution in [0.1, 0.15) is 16.7 Å². The van der Waals surface area contributed by atoms with Crippen molar-refractivity contribution in [3.8, 4) is 5.75 Å². The summed E-state index contributed by atoms with van der Waals surface area (Å²) in [6.07, 6.45) is 4.08. The number of fused-ring (bicyclic) bond motifs is 2. The summed E-state index contributed by atoms with van der Waals surface area (Å²) in [6.45, 7) is 1.42. The molecular weight excluding hydrogens is 394 g/mol. The van der Waals surface area contributed by atoms with Crippen molar-refractivity contribution in [1.82, 2.24) is 9.99 Å². The zero-order valence-electron chi connectivity index (χ0n) is 18.0. The van der Waals surface area contributed by atoms with Gasteiger partial charge in [-0.1, -0.05) is 78.9 Å². The third kappa shape index (κ3) is 3.95. The van der Waals surface area contributed by atoms with Gasteiger partial charge < -0.3 is 14.7 Å². The lowest BCUT2D eigenvalue weighted by molar-refractivity contribution is 0.408. The van der Waals surface area contributed by atoms with Gasteiger partial charge in [0.2, 0.25) is 0 Å². The quantitative estimate of drug-likeness (QED) is 0.260. The van der Waals surface area contributed by atoms with Crippen molar-refractivity contribution in [1.29, 1.82) is 0 Å². The fourth-order valence-electron chi connectivity index (χ4n) is 4.22. The molecule has 4 nitrogen and oxygen atoms in total. The van der Waals surface area contributed by atoms with Gasteiger partial charge in [0.1, 0.15) is 5.75 Å². The van der Waals surface area contributed by atoms with E-state index in [9.17, 15) is 0 Å². The topological polar surface area (TPSA) is 38.5 Å². The lowest BCUT2D eigenvalue weighted by Crippen LogP contribution is -2.06. The summed E-state index contributed by atoms with van der Waals surface area (Å²) in [4.78, 5) is 0. The molecule has 1 N–H and O–H groups in total. The van der Waals surface area contributed by atoms with Crippen LogP contribution in [0.4, 0.5) is 0 Å². The van der Waals surface area contributed by atoms with Crippen LogP contribution in [0.5, 0.6) is 5.75 Å². The summed E-state index contributed by atoms with van der Waals surface area (Å²) in [5, 5.41) is 8.24. The number of methoxy groups -OCH3 is 1. The monoisotopic (exact) mass is 419 g/mol. The van der Waals surface area contributed by atoms with Crippen LogP contribution in [0.25, 0.3) is 21.7 Å². The molecule has 32 heavy (non-hydrogen) atoms. The molecule has 5 aromatic rings. The van der Waals surface area contributed by atoms with Crippen molar-refractivity contribution in [3.05, 3.63) is 114 Å². The standard InChI is InChI=1S/C28H25N3O/c1-32-28-16-7-3-10-22(28)17-29-30-18-24-20-31(27-15-6-5-14-26(24)27)19-23-12-8-11-21-9-2-4-13-25(21)23/h2-16,18,20,29H,17,19H2,1H3/b30-18-. The zero-order valence-corrected chi connectivity index (χ0v) is 18.0. The van der Waals surface area contributed by atoms with Crippen molar-refractivity contribution >= 4 is 27.9 Å². The van der Waals surface area contributed by atoms with E-state index in [1.807, 2.05) is 30.5 Å². The first-order valence-corrected chi connectivity index (χ1v) is 10.8. The highest BCUT2D eigenvalue weighted by molar-refractivity contribution is 5.99. The van der Waals surface area contributed by atoms with E-state index in [1.165, 1.54) is 27.2 Å². The number of nitrogens with one attached hydrogen (secondary N) is 1. The van der Waals surface area contributed by atoms with Gasteiger partial charge in [0.05, 0.1) is 19.9 Å². The zero-order chi connectivity index (χ0) is 21.8. The second-order valence-electron chi connectivity index (χ2n) is 7.77. The number of rotatable bonds is 7. The minimum Gasteiger partial charge on any atom is -0.496 e. The molecule has 158 valence electrons. The molecule has 4 heteroatoms. The molecule has 0 radical (unpaired) electrons. The molecule has 4 aromatic carbocycles. The summed E-state index contributed by atoms with van der Waals surface area (Å²) >= 11 is 0. The molecular formula is C28H25N3O. The van der Waals surface area contributed by atoms with Gasteiger partial charge in [-0.25, -0.2) is 0 Å². The number of benzene rings is 4. The summed E-state index contributed by atoms with van der Waals surface area (Å²) < 4.78 is 7.72. The molecule has 0 amide bonds. The Balaban J connectivity index is 1.41. The van der Waals surface area contributed by atoms with Crippen molar-refractivity contribution in [2.24, 2.45) is 5.10 Å². The van der Waals surface area contributed by atoms with E-state index >= 15 is 0 Å². The SMILES string of the molecule is COc1ccccc1CN/N=C\c1cn(Cc2cccc3ccccc23)c2ccccc12. The van der Waals surface area contributed by atoms with Crippen LogP contribution >= 0.6 is 0 Å². The number of hydrogen-bond acceptors (Lipinski definition) is 3. The first-order chi connectivity index (χ1) is 15.8. The number of aromatic nitrogens is 1. The molecule has 0 saturated carbocycles. The molecule has 0 atom stereocenters. The predicted molar refractivity (Wildman–Crippen MR) is 132 cm³/mol. The van der Waals surface area contributed by atoms with Crippen LogP contribution in [-0.2, 0) is 13.1 Å². The first-order valence-electron chi connectivity index (χ1n) is 10.8. The number of hydrogen-bond donors (Lipinski definition) is 1. The maximum Gasteiger partial charge on any atom is 0.123 e. The van der Waals surface area contributed by atoms with Crippen LogP contribution < -0.4 is 10.2 Å². The highest BCUT2D eigenvalue weighted by Crippen LogP contribution is 2.24. The van der Waals surface area contributed by atoms with Gasteiger partial charge in [-0.05, 0) is 28.5 Å². The summed E-state index contributed by atoms with van der Waals surface area (Å²) in [5.41, 5.74) is 7.83. The highest BCUT2D eigenvalue weighted by atomic mass is 16.5. The molecule has 0 fully saturated rings. The lowest BCUT2D eigenvalue weighted by Gasteiger charge is -2.09. The van der Waals surface area contributed by atoms with Gasteiger partial charge in [0.25, 0.3) is 0 Å². The van der Waals surface area contributed by atoms with Crippen molar-refractivity contribution in [3.63, 3.8) is 0 Å². The van der Waals surface area contributed by atoms with Gasteiger partial charge in [0, 0.05) is 34.8 Å². The average molecular weight is 420 g/mol. The van der Waals surface area contributed by atoms with Crippen molar-refractivity contribution in [2.45, 2.75) is 13.1 Å². The lowest BCUT2D eigenvalue weighted by atomic mass is 10.0. The minimum absolute atomic E-state index is 0.606. The fraction of sp³-hybridized carbons (Fsp3) is 0.107. The Labute approximate surface area is 187 Å². The van der Waals surface area contributed by atoms with Crippen LogP contribution in [-0.4, -0.2) is 17.9 Å². The van der Waals surface area contributed by atoms with Crippen molar-refractivity contribution < 1.29 is 4.74 Å². The first kappa shape index (κ1) is 19.9. The Morgan fingerprint density at radius 1 is 0.812 bits per heavy atom. The third-order valence-corrected chi connectivity index (χ3v) is 5.80. The van der Waals surface area contributed by atoms with E-state index in [1.54, 1.807) is 7.11 Å². The number of ether oxygens (including phenoxy) is 1. The van der Waals surface area contributed by atoms with Crippen molar-refractivity contribution in [2.75, 3.05) is 7.11 Å². The Kier molecular flexibility index (Phi) is 5.58. The molecule has 0 saturated heterocycles. The van der Waals surface area contributed by atoms with Crippen LogP contribution in [0, 0.1) is 0 Å². The summed E-state index contributed by atoms with van der Waals surface area (Å²) in [7, 11) is 1.69. The Hall–Kier alpha value is -4.05.